The number of thiocarbonyl (C=S) groups is 1. The fraction of sp³-hybridized carbons (Fsp3) is 0.231. The van der Waals surface area contributed by atoms with Gasteiger partial charge >= 0.3 is 11.9 Å². The summed E-state index contributed by atoms with van der Waals surface area (Å²) >= 11 is 7.33. The van der Waals surface area contributed by atoms with E-state index in [9.17, 15) is 14.4 Å². The first kappa shape index (κ1) is 16.7. The van der Waals surface area contributed by atoms with Gasteiger partial charge in [-0.2, -0.15) is 0 Å². The van der Waals surface area contributed by atoms with Gasteiger partial charge in [0, 0.05) is 17.8 Å². The topological polar surface area (TPSA) is 94.9 Å². The van der Waals surface area contributed by atoms with Gasteiger partial charge < -0.3 is 10.2 Å². The Morgan fingerprint density at radius 3 is 2.64 bits per heavy atom. The summed E-state index contributed by atoms with van der Waals surface area (Å²) < 4.78 is 0.386. The molecule has 1 amide bonds. The molecule has 1 aromatic heterocycles. The van der Waals surface area contributed by atoms with Gasteiger partial charge in [0.1, 0.15) is 9.20 Å². The summed E-state index contributed by atoms with van der Waals surface area (Å²) in [6.45, 7) is 0.263. The molecule has 2 rings (SSSR count). The number of rotatable bonds is 6. The fourth-order valence-corrected chi connectivity index (χ4v) is 3.92. The van der Waals surface area contributed by atoms with Crippen LogP contribution in [0.25, 0.3) is 6.08 Å². The molecule has 0 aromatic carbocycles. The predicted octanol–water partition coefficient (Wildman–Crippen LogP) is 2.51. The average Bonchev–Trinajstić information content (AvgIpc) is 2.99. The van der Waals surface area contributed by atoms with E-state index in [0.29, 0.717) is 20.5 Å². The van der Waals surface area contributed by atoms with Crippen molar-refractivity contribution in [2.24, 2.45) is 0 Å². The minimum Gasteiger partial charge on any atom is -0.481 e. The smallest absolute Gasteiger partial charge is 0.345 e. The maximum absolute atomic E-state index is 12.2. The van der Waals surface area contributed by atoms with Gasteiger partial charge in [0.2, 0.25) is 0 Å². The summed E-state index contributed by atoms with van der Waals surface area (Å²) in [5.74, 6) is -2.20. The second-order valence-corrected chi connectivity index (χ2v) is 7.13. The van der Waals surface area contributed by atoms with E-state index in [1.807, 2.05) is 0 Å². The van der Waals surface area contributed by atoms with E-state index in [1.54, 1.807) is 12.1 Å². The minimum atomic E-state index is -1.01. The number of carboxylic acid groups (broad SMARTS) is 2. The van der Waals surface area contributed by atoms with Crippen molar-refractivity contribution in [3.63, 3.8) is 0 Å². The number of nitrogens with zero attached hydrogens (tertiary/aromatic N) is 1. The first-order valence-corrected chi connectivity index (χ1v) is 8.23. The zero-order valence-electron chi connectivity index (χ0n) is 11.1. The third kappa shape index (κ3) is 3.93. The van der Waals surface area contributed by atoms with Crippen LogP contribution in [0.15, 0.2) is 17.0 Å². The monoisotopic (exact) mass is 357 g/mol. The summed E-state index contributed by atoms with van der Waals surface area (Å²) in [6.07, 6.45) is 1.91. The molecule has 2 heterocycles. The molecule has 1 fully saturated rings. The number of amides is 1. The zero-order valence-corrected chi connectivity index (χ0v) is 13.6. The van der Waals surface area contributed by atoms with Gasteiger partial charge in [-0.05, 0) is 24.6 Å². The van der Waals surface area contributed by atoms with Crippen molar-refractivity contribution in [2.45, 2.75) is 12.8 Å². The molecule has 116 valence electrons. The average molecular weight is 357 g/mol. The molecule has 0 unspecified atom stereocenters. The molecule has 1 aromatic rings. The number of aromatic carboxylic acids is 1. The van der Waals surface area contributed by atoms with Crippen LogP contribution in [0.5, 0.6) is 0 Å². The Balaban J connectivity index is 2.08. The normalized spacial score (nSPS) is 16.5. The third-order valence-electron chi connectivity index (χ3n) is 2.76. The van der Waals surface area contributed by atoms with Crippen LogP contribution in [0.2, 0.25) is 0 Å². The molecule has 1 aliphatic heterocycles. The molecule has 22 heavy (non-hydrogen) atoms. The van der Waals surface area contributed by atoms with Crippen LogP contribution in [0.4, 0.5) is 0 Å². The molecule has 1 aliphatic rings. The second kappa shape index (κ2) is 7.03. The Morgan fingerprint density at radius 2 is 2.05 bits per heavy atom. The van der Waals surface area contributed by atoms with Crippen LogP contribution in [0.1, 0.15) is 27.4 Å². The van der Waals surface area contributed by atoms with E-state index >= 15 is 0 Å². The lowest BCUT2D eigenvalue weighted by Gasteiger charge is -2.13. The van der Waals surface area contributed by atoms with E-state index in [4.69, 9.17) is 22.4 Å². The van der Waals surface area contributed by atoms with Crippen molar-refractivity contribution in [1.82, 2.24) is 4.90 Å². The summed E-state index contributed by atoms with van der Waals surface area (Å²) in [4.78, 5) is 36.2. The molecule has 0 aliphatic carbocycles. The van der Waals surface area contributed by atoms with Gasteiger partial charge in [0.15, 0.2) is 0 Å². The highest BCUT2D eigenvalue weighted by molar-refractivity contribution is 8.26. The highest BCUT2D eigenvalue weighted by Gasteiger charge is 2.31. The van der Waals surface area contributed by atoms with Crippen molar-refractivity contribution >= 4 is 63.6 Å². The first-order valence-electron chi connectivity index (χ1n) is 6.19. The highest BCUT2D eigenvalue weighted by Crippen LogP contribution is 2.33. The second-order valence-electron chi connectivity index (χ2n) is 4.34. The van der Waals surface area contributed by atoms with Crippen molar-refractivity contribution in [2.75, 3.05) is 6.54 Å². The summed E-state index contributed by atoms with van der Waals surface area (Å²) in [7, 11) is 0. The molecular formula is C13H11NO5S3. The molecule has 0 spiro atoms. The van der Waals surface area contributed by atoms with Gasteiger partial charge in [-0.15, -0.1) is 11.3 Å². The van der Waals surface area contributed by atoms with Gasteiger partial charge in [0.05, 0.1) is 4.91 Å². The van der Waals surface area contributed by atoms with Crippen molar-refractivity contribution < 1.29 is 24.6 Å². The Hall–Kier alpha value is -1.71. The van der Waals surface area contributed by atoms with Crippen molar-refractivity contribution in [3.05, 3.63) is 26.8 Å². The SMILES string of the molecule is O=C(O)CCCN1C(=O)/C(=C\c2ccc(C(=O)O)s2)SC1=S. The molecule has 0 saturated carbocycles. The van der Waals surface area contributed by atoms with Crippen LogP contribution in [-0.4, -0.2) is 43.8 Å². The molecule has 0 atom stereocenters. The van der Waals surface area contributed by atoms with Gasteiger partial charge in [0.25, 0.3) is 5.91 Å². The van der Waals surface area contributed by atoms with E-state index in [-0.39, 0.29) is 23.7 Å². The van der Waals surface area contributed by atoms with Gasteiger partial charge in [-0.1, -0.05) is 24.0 Å². The fourth-order valence-electron chi connectivity index (χ4n) is 1.76. The van der Waals surface area contributed by atoms with E-state index in [1.165, 1.54) is 11.0 Å². The number of hydrogen-bond donors (Lipinski definition) is 2. The standard InChI is InChI=1S/C13H11NO5S3/c15-10(16)2-1-5-14-11(17)9(22-13(14)20)6-7-3-4-8(21-7)12(18)19/h3-4,6H,1-2,5H2,(H,15,16)(H,18,19)/b9-6+. The molecule has 6 nitrogen and oxygen atoms in total. The number of hydrogen-bond acceptors (Lipinski definition) is 6. The van der Waals surface area contributed by atoms with E-state index < -0.39 is 11.9 Å². The van der Waals surface area contributed by atoms with Crippen LogP contribution in [-0.2, 0) is 9.59 Å². The predicted molar refractivity (Wildman–Crippen MR) is 88.0 cm³/mol. The first-order chi connectivity index (χ1) is 10.4. The Labute approximate surface area is 139 Å². The van der Waals surface area contributed by atoms with Crippen LogP contribution >= 0.6 is 35.3 Å². The molecular weight excluding hydrogens is 346 g/mol. The lowest BCUT2D eigenvalue weighted by Crippen LogP contribution is -2.29. The van der Waals surface area contributed by atoms with Crippen molar-refractivity contribution in [1.29, 1.82) is 0 Å². The summed E-state index contributed by atoms with van der Waals surface area (Å²) in [5, 5.41) is 17.5. The molecule has 0 bridgehead atoms. The molecule has 1 saturated heterocycles. The molecule has 9 heteroatoms. The third-order valence-corrected chi connectivity index (χ3v) is 5.15. The summed E-state index contributed by atoms with van der Waals surface area (Å²) in [6, 6.07) is 3.11. The van der Waals surface area contributed by atoms with E-state index in [0.717, 1.165) is 23.1 Å². The quantitative estimate of drug-likeness (QED) is 0.596. The van der Waals surface area contributed by atoms with Crippen LogP contribution < -0.4 is 0 Å². The van der Waals surface area contributed by atoms with E-state index in [2.05, 4.69) is 0 Å². The molecule has 0 radical (unpaired) electrons. The largest absolute Gasteiger partial charge is 0.481 e. The zero-order chi connectivity index (χ0) is 16.3. The number of carboxylic acids is 2. The minimum absolute atomic E-state index is 0.0248. The lowest BCUT2D eigenvalue weighted by molar-refractivity contribution is -0.137. The number of thiophene rings is 1. The lowest BCUT2D eigenvalue weighted by atomic mass is 10.3. The Kier molecular flexibility index (Phi) is 5.33. The Bertz CT molecular complexity index is 679. The van der Waals surface area contributed by atoms with Gasteiger partial charge in [-0.25, -0.2) is 4.79 Å². The van der Waals surface area contributed by atoms with Crippen molar-refractivity contribution in [3.8, 4) is 0 Å². The maximum Gasteiger partial charge on any atom is 0.345 e. The number of carbonyl (C=O) groups is 3. The van der Waals surface area contributed by atoms with Crippen LogP contribution in [0, 0.1) is 0 Å². The summed E-state index contributed by atoms with van der Waals surface area (Å²) in [5.41, 5.74) is 0. The number of aliphatic carboxylic acids is 1. The highest BCUT2D eigenvalue weighted by atomic mass is 32.2. The maximum atomic E-state index is 12.2. The number of carbonyl (C=O) groups excluding carboxylic acids is 1. The molecule has 2 N–H and O–H groups in total. The Morgan fingerprint density at radius 1 is 1.32 bits per heavy atom. The number of thioether (sulfide) groups is 1. The van der Waals surface area contributed by atoms with Crippen LogP contribution in [0.3, 0.4) is 0 Å². The van der Waals surface area contributed by atoms with Gasteiger partial charge in [-0.3, -0.25) is 14.5 Å².